The molecule has 0 saturated heterocycles. The fourth-order valence-electron chi connectivity index (χ4n) is 3.52. The number of nitrogens with one attached hydrogen (secondary N) is 1. The highest BCUT2D eigenvalue weighted by Crippen LogP contribution is 2.39. The number of amides is 2. The van der Waals surface area contributed by atoms with Crippen molar-refractivity contribution < 1.29 is 19.1 Å². The number of carbonyl (C=O) groups is 2. The molecule has 7 nitrogen and oxygen atoms in total. The summed E-state index contributed by atoms with van der Waals surface area (Å²) < 4.78 is 11.1. The Labute approximate surface area is 184 Å². The van der Waals surface area contributed by atoms with E-state index in [2.05, 4.69) is 10.3 Å². The normalized spacial score (nSPS) is 16.3. The van der Waals surface area contributed by atoms with Crippen molar-refractivity contribution in [2.24, 2.45) is 0 Å². The first kappa shape index (κ1) is 20.9. The third-order valence-corrected chi connectivity index (χ3v) is 5.93. The largest absolute Gasteiger partial charge is 0.495 e. The zero-order valence-corrected chi connectivity index (χ0v) is 18.5. The van der Waals surface area contributed by atoms with Gasteiger partial charge in [-0.2, -0.15) is 0 Å². The molecule has 0 saturated carbocycles. The Hall–Kier alpha value is -3.39. The van der Waals surface area contributed by atoms with Gasteiger partial charge in [0.25, 0.3) is 5.91 Å². The van der Waals surface area contributed by atoms with Gasteiger partial charge in [-0.3, -0.25) is 14.5 Å². The molecule has 1 aliphatic heterocycles. The minimum atomic E-state index is -0.769. The standard InChI is InChI=1S/C23H23N3O4S/c1-13(22(27)25-17-7-5-6-8-20(17)29-4)26-19-11-16(18-12-31-15(3)24-18)9-10-21(19)30-14(2)23(26)28/h5-14H,1-4H3,(H,25,27). The quantitative estimate of drug-likeness (QED) is 0.645. The molecule has 0 spiro atoms. The van der Waals surface area contributed by atoms with E-state index in [4.69, 9.17) is 9.47 Å². The van der Waals surface area contributed by atoms with Crippen LogP contribution in [0, 0.1) is 6.92 Å². The average molecular weight is 438 g/mol. The predicted octanol–water partition coefficient (Wildman–Crippen LogP) is 4.27. The van der Waals surface area contributed by atoms with Crippen LogP contribution in [-0.4, -0.2) is 36.1 Å². The number of ether oxygens (including phenoxy) is 2. The molecule has 2 aromatic carbocycles. The summed E-state index contributed by atoms with van der Waals surface area (Å²) in [6.45, 7) is 5.32. The van der Waals surface area contributed by atoms with Gasteiger partial charge in [0, 0.05) is 10.9 Å². The van der Waals surface area contributed by atoms with Crippen molar-refractivity contribution >= 4 is 34.5 Å². The van der Waals surface area contributed by atoms with Gasteiger partial charge in [0.05, 0.1) is 29.2 Å². The maximum atomic E-state index is 13.1. The number of fused-ring (bicyclic) bond motifs is 1. The van der Waals surface area contributed by atoms with Crippen LogP contribution < -0.4 is 19.7 Å². The zero-order valence-electron chi connectivity index (χ0n) is 17.7. The van der Waals surface area contributed by atoms with Gasteiger partial charge in [0.1, 0.15) is 17.5 Å². The van der Waals surface area contributed by atoms with Crippen molar-refractivity contribution in [3.63, 3.8) is 0 Å². The van der Waals surface area contributed by atoms with E-state index in [1.165, 1.54) is 4.90 Å². The molecule has 2 amide bonds. The third-order valence-electron chi connectivity index (χ3n) is 5.15. The van der Waals surface area contributed by atoms with Gasteiger partial charge in [-0.25, -0.2) is 4.98 Å². The van der Waals surface area contributed by atoms with Crippen LogP contribution in [0.5, 0.6) is 11.5 Å². The maximum Gasteiger partial charge on any atom is 0.268 e. The van der Waals surface area contributed by atoms with Gasteiger partial charge in [0.2, 0.25) is 5.91 Å². The van der Waals surface area contributed by atoms with Gasteiger partial charge in [-0.05, 0) is 51.1 Å². The number of nitrogens with zero attached hydrogens (tertiary/aromatic N) is 2. The van der Waals surface area contributed by atoms with Crippen molar-refractivity contribution in [1.29, 1.82) is 0 Å². The molecule has 2 atom stereocenters. The lowest BCUT2D eigenvalue weighted by Crippen LogP contribution is -2.52. The van der Waals surface area contributed by atoms with Crippen molar-refractivity contribution in [3.05, 3.63) is 52.9 Å². The maximum absolute atomic E-state index is 13.1. The molecule has 0 radical (unpaired) electrons. The number of carbonyl (C=O) groups excluding carboxylic acids is 2. The van der Waals surface area contributed by atoms with E-state index in [0.717, 1.165) is 16.3 Å². The highest BCUT2D eigenvalue weighted by Gasteiger charge is 2.37. The van der Waals surface area contributed by atoms with Crippen LogP contribution in [0.25, 0.3) is 11.3 Å². The summed E-state index contributed by atoms with van der Waals surface area (Å²) in [5.41, 5.74) is 2.77. The Morgan fingerprint density at radius 3 is 2.77 bits per heavy atom. The molecule has 1 aliphatic rings. The van der Waals surface area contributed by atoms with Crippen LogP contribution >= 0.6 is 11.3 Å². The highest BCUT2D eigenvalue weighted by atomic mass is 32.1. The Kier molecular flexibility index (Phi) is 5.65. The molecule has 8 heteroatoms. The molecule has 0 aliphatic carbocycles. The number of rotatable bonds is 5. The van der Waals surface area contributed by atoms with Gasteiger partial charge in [-0.1, -0.05) is 12.1 Å². The Morgan fingerprint density at radius 2 is 2.06 bits per heavy atom. The SMILES string of the molecule is COc1ccccc1NC(=O)C(C)N1C(=O)C(C)Oc2ccc(-c3csc(C)n3)cc21. The summed E-state index contributed by atoms with van der Waals surface area (Å²) in [6, 6.07) is 12.0. The average Bonchev–Trinajstić information content (AvgIpc) is 3.20. The summed E-state index contributed by atoms with van der Waals surface area (Å²) in [5.74, 6) is 0.501. The Balaban J connectivity index is 1.68. The van der Waals surface area contributed by atoms with Crippen LogP contribution in [-0.2, 0) is 9.59 Å². The Bertz CT molecular complexity index is 1140. The number of benzene rings is 2. The van der Waals surface area contributed by atoms with Crippen LogP contribution in [0.15, 0.2) is 47.8 Å². The fourth-order valence-corrected chi connectivity index (χ4v) is 4.14. The molecule has 160 valence electrons. The molecular weight excluding hydrogens is 414 g/mol. The number of hydrogen-bond donors (Lipinski definition) is 1. The second kappa shape index (κ2) is 8.39. The number of thiazole rings is 1. The molecular formula is C23H23N3O4S. The first-order chi connectivity index (χ1) is 14.9. The smallest absolute Gasteiger partial charge is 0.268 e. The summed E-state index contributed by atoms with van der Waals surface area (Å²) in [4.78, 5) is 32.2. The number of para-hydroxylation sites is 2. The molecule has 1 N–H and O–H groups in total. The summed E-state index contributed by atoms with van der Waals surface area (Å²) in [5, 5.41) is 5.78. The molecule has 2 unspecified atom stereocenters. The lowest BCUT2D eigenvalue weighted by Gasteiger charge is -2.36. The number of aromatic nitrogens is 1. The minimum Gasteiger partial charge on any atom is -0.495 e. The minimum absolute atomic E-state index is 0.276. The Morgan fingerprint density at radius 1 is 1.29 bits per heavy atom. The van der Waals surface area contributed by atoms with E-state index in [1.807, 2.05) is 42.6 Å². The third kappa shape index (κ3) is 3.98. The van der Waals surface area contributed by atoms with Gasteiger partial charge < -0.3 is 14.8 Å². The summed E-state index contributed by atoms with van der Waals surface area (Å²) >= 11 is 1.56. The molecule has 1 aromatic heterocycles. The van der Waals surface area contributed by atoms with Crippen molar-refractivity contribution in [1.82, 2.24) is 4.98 Å². The van der Waals surface area contributed by atoms with Crippen molar-refractivity contribution in [2.45, 2.75) is 32.9 Å². The zero-order chi connectivity index (χ0) is 22.1. The first-order valence-electron chi connectivity index (χ1n) is 9.89. The van der Waals surface area contributed by atoms with Crippen LogP contribution in [0.3, 0.4) is 0 Å². The van der Waals surface area contributed by atoms with Crippen molar-refractivity contribution in [3.8, 4) is 22.8 Å². The molecule has 0 bridgehead atoms. The second-order valence-electron chi connectivity index (χ2n) is 7.27. The lowest BCUT2D eigenvalue weighted by molar-refractivity contribution is -0.128. The number of methoxy groups -OCH3 is 1. The van der Waals surface area contributed by atoms with Crippen LogP contribution in [0.2, 0.25) is 0 Å². The molecule has 2 heterocycles. The van der Waals surface area contributed by atoms with Crippen LogP contribution in [0.1, 0.15) is 18.9 Å². The number of anilines is 2. The molecule has 31 heavy (non-hydrogen) atoms. The topological polar surface area (TPSA) is 80.8 Å². The summed E-state index contributed by atoms with van der Waals surface area (Å²) in [7, 11) is 1.54. The van der Waals surface area contributed by atoms with Gasteiger partial charge >= 0.3 is 0 Å². The summed E-state index contributed by atoms with van der Waals surface area (Å²) in [6.07, 6.45) is -0.693. The second-order valence-corrected chi connectivity index (χ2v) is 8.33. The van der Waals surface area contributed by atoms with E-state index in [1.54, 1.807) is 44.4 Å². The number of aryl methyl sites for hydroxylation is 1. The van der Waals surface area contributed by atoms with E-state index >= 15 is 0 Å². The monoisotopic (exact) mass is 437 g/mol. The molecule has 4 rings (SSSR count). The van der Waals surface area contributed by atoms with Crippen molar-refractivity contribution in [2.75, 3.05) is 17.3 Å². The van der Waals surface area contributed by atoms with Gasteiger partial charge in [-0.15, -0.1) is 11.3 Å². The highest BCUT2D eigenvalue weighted by molar-refractivity contribution is 7.09. The van der Waals surface area contributed by atoms with E-state index in [-0.39, 0.29) is 11.8 Å². The van der Waals surface area contributed by atoms with E-state index in [9.17, 15) is 9.59 Å². The lowest BCUT2D eigenvalue weighted by atomic mass is 10.1. The predicted molar refractivity (Wildman–Crippen MR) is 121 cm³/mol. The van der Waals surface area contributed by atoms with Crippen LogP contribution in [0.4, 0.5) is 11.4 Å². The van der Waals surface area contributed by atoms with Gasteiger partial charge in [0.15, 0.2) is 6.10 Å². The van der Waals surface area contributed by atoms with E-state index < -0.39 is 12.1 Å². The first-order valence-corrected chi connectivity index (χ1v) is 10.8. The fraction of sp³-hybridized carbons (Fsp3) is 0.261. The molecule has 0 fully saturated rings. The molecule has 3 aromatic rings. The number of hydrogen-bond acceptors (Lipinski definition) is 6. The van der Waals surface area contributed by atoms with E-state index in [0.29, 0.717) is 22.9 Å².